The van der Waals surface area contributed by atoms with Crippen molar-refractivity contribution in [2.24, 2.45) is 5.41 Å². The van der Waals surface area contributed by atoms with E-state index in [1.807, 2.05) is 6.07 Å². The molecule has 1 saturated carbocycles. The molecule has 1 aromatic carbocycles. The van der Waals surface area contributed by atoms with Crippen LogP contribution in [-0.4, -0.2) is 11.7 Å². The van der Waals surface area contributed by atoms with E-state index < -0.39 is 0 Å². The summed E-state index contributed by atoms with van der Waals surface area (Å²) in [5.41, 5.74) is 0.0835. The van der Waals surface area contributed by atoms with Crippen molar-refractivity contribution in [1.29, 1.82) is 5.26 Å². The number of aromatic hydroxyl groups is 1. The fourth-order valence-electron chi connectivity index (χ4n) is 1.53. The number of hydrogen-bond donors (Lipinski definition) is 1. The molecule has 3 heteroatoms. The standard InChI is InChI=1S/C12H13NO2/c13-7-6-12(4-5-12)9-15-11-3-1-2-10(14)8-11/h1-3,8,14H,4-6,9H2. The predicted molar refractivity (Wildman–Crippen MR) is 55.5 cm³/mol. The van der Waals surface area contributed by atoms with Gasteiger partial charge in [0.15, 0.2) is 0 Å². The van der Waals surface area contributed by atoms with E-state index in [1.54, 1.807) is 18.2 Å². The lowest BCUT2D eigenvalue weighted by atomic mass is 10.1. The average Bonchev–Trinajstić information content (AvgIpc) is 2.97. The van der Waals surface area contributed by atoms with Crippen LogP contribution in [-0.2, 0) is 0 Å². The molecule has 0 heterocycles. The Morgan fingerprint density at radius 2 is 2.27 bits per heavy atom. The van der Waals surface area contributed by atoms with Crippen molar-refractivity contribution in [2.45, 2.75) is 19.3 Å². The highest BCUT2D eigenvalue weighted by Crippen LogP contribution is 2.48. The molecule has 0 radical (unpaired) electrons. The highest BCUT2D eigenvalue weighted by molar-refractivity contribution is 5.31. The molecule has 78 valence electrons. The lowest BCUT2D eigenvalue weighted by Gasteiger charge is -2.12. The molecule has 3 nitrogen and oxygen atoms in total. The first-order valence-electron chi connectivity index (χ1n) is 5.03. The van der Waals surface area contributed by atoms with Crippen LogP contribution in [0.5, 0.6) is 11.5 Å². The van der Waals surface area contributed by atoms with Crippen LogP contribution >= 0.6 is 0 Å². The van der Waals surface area contributed by atoms with E-state index in [9.17, 15) is 5.11 Å². The summed E-state index contributed by atoms with van der Waals surface area (Å²) >= 11 is 0. The number of nitriles is 1. The number of nitrogens with zero attached hydrogens (tertiary/aromatic N) is 1. The maximum atomic E-state index is 9.23. The van der Waals surface area contributed by atoms with Gasteiger partial charge in [-0.2, -0.15) is 5.26 Å². The van der Waals surface area contributed by atoms with Gasteiger partial charge in [-0.25, -0.2) is 0 Å². The van der Waals surface area contributed by atoms with Gasteiger partial charge >= 0.3 is 0 Å². The quantitative estimate of drug-likeness (QED) is 0.817. The Morgan fingerprint density at radius 1 is 1.47 bits per heavy atom. The number of ether oxygens (including phenoxy) is 1. The van der Waals surface area contributed by atoms with Crippen LogP contribution in [0.1, 0.15) is 19.3 Å². The molecule has 1 aliphatic carbocycles. The van der Waals surface area contributed by atoms with Crippen LogP contribution < -0.4 is 4.74 Å². The summed E-state index contributed by atoms with van der Waals surface area (Å²) in [4.78, 5) is 0. The molecule has 1 aromatic rings. The fraction of sp³-hybridized carbons (Fsp3) is 0.417. The van der Waals surface area contributed by atoms with E-state index >= 15 is 0 Å². The summed E-state index contributed by atoms with van der Waals surface area (Å²) in [5.74, 6) is 0.872. The third-order valence-electron chi connectivity index (χ3n) is 2.77. The summed E-state index contributed by atoms with van der Waals surface area (Å²) < 4.78 is 5.56. The molecule has 1 fully saturated rings. The van der Waals surface area contributed by atoms with E-state index in [2.05, 4.69) is 6.07 Å². The van der Waals surface area contributed by atoms with Crippen LogP contribution in [0.4, 0.5) is 0 Å². The zero-order valence-corrected chi connectivity index (χ0v) is 8.44. The maximum absolute atomic E-state index is 9.23. The van der Waals surface area contributed by atoms with E-state index in [0.717, 1.165) is 12.8 Å². The summed E-state index contributed by atoms with van der Waals surface area (Å²) in [7, 11) is 0. The zero-order valence-electron chi connectivity index (χ0n) is 8.44. The predicted octanol–water partition coefficient (Wildman–Crippen LogP) is 2.46. The second kappa shape index (κ2) is 3.82. The Balaban J connectivity index is 1.91. The van der Waals surface area contributed by atoms with E-state index in [1.165, 1.54) is 0 Å². The zero-order chi connectivity index (χ0) is 10.7. The van der Waals surface area contributed by atoms with Gasteiger partial charge in [-0.1, -0.05) is 6.07 Å². The molecule has 0 unspecified atom stereocenters. The summed E-state index contributed by atoms with van der Waals surface area (Å²) in [6.07, 6.45) is 2.70. The number of hydrogen-bond acceptors (Lipinski definition) is 3. The summed E-state index contributed by atoms with van der Waals surface area (Å²) in [6.45, 7) is 0.573. The highest BCUT2D eigenvalue weighted by Gasteiger charge is 2.43. The minimum absolute atomic E-state index is 0.0835. The summed E-state index contributed by atoms with van der Waals surface area (Å²) in [5, 5.41) is 17.9. The van der Waals surface area contributed by atoms with Gasteiger partial charge in [0.05, 0.1) is 12.7 Å². The topological polar surface area (TPSA) is 53.2 Å². The van der Waals surface area contributed by atoms with E-state index in [-0.39, 0.29) is 11.2 Å². The van der Waals surface area contributed by atoms with E-state index in [0.29, 0.717) is 18.8 Å². The van der Waals surface area contributed by atoms with E-state index in [4.69, 9.17) is 10.00 Å². The third-order valence-corrected chi connectivity index (χ3v) is 2.77. The van der Waals surface area contributed by atoms with Crippen molar-refractivity contribution in [3.05, 3.63) is 24.3 Å². The molecule has 2 rings (SSSR count). The molecule has 1 aliphatic rings. The van der Waals surface area contributed by atoms with Crippen LogP contribution in [0.3, 0.4) is 0 Å². The molecular weight excluding hydrogens is 190 g/mol. The van der Waals surface area contributed by atoms with Crippen molar-refractivity contribution in [1.82, 2.24) is 0 Å². The lowest BCUT2D eigenvalue weighted by Crippen LogP contribution is -2.12. The second-order valence-corrected chi connectivity index (χ2v) is 4.12. The minimum Gasteiger partial charge on any atom is -0.508 e. The van der Waals surface area contributed by atoms with Gasteiger partial charge in [0.25, 0.3) is 0 Å². The molecule has 15 heavy (non-hydrogen) atoms. The molecule has 0 saturated heterocycles. The van der Waals surface area contributed by atoms with Gasteiger partial charge in [0, 0.05) is 17.9 Å². The molecule has 0 amide bonds. The molecule has 0 bridgehead atoms. The number of benzene rings is 1. The first-order valence-corrected chi connectivity index (χ1v) is 5.03. The lowest BCUT2D eigenvalue weighted by molar-refractivity contribution is 0.236. The molecular formula is C12H13NO2. The largest absolute Gasteiger partial charge is 0.508 e. The van der Waals surface area contributed by atoms with Crippen molar-refractivity contribution in [2.75, 3.05) is 6.61 Å². The maximum Gasteiger partial charge on any atom is 0.123 e. The summed E-state index contributed by atoms with van der Waals surface area (Å²) in [6, 6.07) is 8.93. The first kappa shape index (κ1) is 9.85. The van der Waals surface area contributed by atoms with Gasteiger partial charge in [-0.3, -0.25) is 0 Å². The van der Waals surface area contributed by atoms with Gasteiger partial charge in [-0.15, -0.1) is 0 Å². The Bertz CT molecular complexity index is 391. The van der Waals surface area contributed by atoms with Crippen molar-refractivity contribution >= 4 is 0 Å². The van der Waals surface area contributed by atoms with Crippen molar-refractivity contribution in [3.8, 4) is 17.6 Å². The normalized spacial score (nSPS) is 16.7. The number of phenolic OH excluding ortho intramolecular Hbond substituents is 1. The van der Waals surface area contributed by atoms with Crippen LogP contribution in [0, 0.1) is 16.7 Å². The van der Waals surface area contributed by atoms with Crippen LogP contribution in [0.2, 0.25) is 0 Å². The van der Waals surface area contributed by atoms with Crippen LogP contribution in [0.15, 0.2) is 24.3 Å². The SMILES string of the molecule is N#CCC1(COc2cccc(O)c2)CC1. The smallest absolute Gasteiger partial charge is 0.123 e. The molecule has 0 aromatic heterocycles. The average molecular weight is 203 g/mol. The second-order valence-electron chi connectivity index (χ2n) is 4.12. The van der Waals surface area contributed by atoms with Crippen LogP contribution in [0.25, 0.3) is 0 Å². The first-order chi connectivity index (χ1) is 7.24. The molecule has 0 atom stereocenters. The molecule has 0 aliphatic heterocycles. The van der Waals surface area contributed by atoms with Crippen molar-refractivity contribution in [3.63, 3.8) is 0 Å². The fourth-order valence-corrected chi connectivity index (χ4v) is 1.53. The van der Waals surface area contributed by atoms with Gasteiger partial charge < -0.3 is 9.84 Å². The molecule has 1 N–H and O–H groups in total. The van der Waals surface area contributed by atoms with Gasteiger partial charge in [0.2, 0.25) is 0 Å². The van der Waals surface area contributed by atoms with Gasteiger partial charge in [0.1, 0.15) is 11.5 Å². The third kappa shape index (κ3) is 2.41. The Morgan fingerprint density at radius 3 is 2.87 bits per heavy atom. The monoisotopic (exact) mass is 203 g/mol. The molecule has 0 spiro atoms. The van der Waals surface area contributed by atoms with Gasteiger partial charge in [-0.05, 0) is 25.0 Å². The highest BCUT2D eigenvalue weighted by atomic mass is 16.5. The van der Waals surface area contributed by atoms with Crippen molar-refractivity contribution < 1.29 is 9.84 Å². The number of rotatable bonds is 4. The minimum atomic E-state index is 0.0835. The Labute approximate surface area is 88.9 Å². The Kier molecular flexibility index (Phi) is 2.51. The Hall–Kier alpha value is -1.69. The number of phenols is 1.